The Balaban J connectivity index is 1.47. The molecule has 2 amide bonds. The maximum atomic E-state index is 12.4. The van der Waals surface area contributed by atoms with Gasteiger partial charge >= 0.3 is 0 Å². The van der Waals surface area contributed by atoms with E-state index in [9.17, 15) is 9.59 Å². The first kappa shape index (κ1) is 20.8. The number of aromatic nitrogens is 1. The Hall–Kier alpha value is -2.91. The van der Waals surface area contributed by atoms with Crippen molar-refractivity contribution in [1.29, 1.82) is 0 Å². The van der Waals surface area contributed by atoms with E-state index in [-0.39, 0.29) is 24.9 Å². The Morgan fingerprint density at radius 2 is 1.76 bits per heavy atom. The predicted molar refractivity (Wildman–Crippen MR) is 110 cm³/mol. The number of nitrogens with zero attached hydrogens (tertiary/aromatic N) is 3. The quantitative estimate of drug-likeness (QED) is 0.695. The lowest BCUT2D eigenvalue weighted by atomic mass is 10.2. The van der Waals surface area contributed by atoms with Crippen LogP contribution < -0.4 is 15.5 Å². The van der Waals surface area contributed by atoms with Gasteiger partial charge in [-0.05, 0) is 37.7 Å². The molecule has 3 rings (SSSR count). The fourth-order valence-electron chi connectivity index (χ4n) is 3.07. The molecule has 9 nitrogen and oxygen atoms in total. The highest BCUT2D eigenvalue weighted by Crippen LogP contribution is 2.19. The van der Waals surface area contributed by atoms with Crippen LogP contribution in [0.4, 0.5) is 17.2 Å². The summed E-state index contributed by atoms with van der Waals surface area (Å²) in [5.41, 5.74) is 1.84. The number of nitrogens with one attached hydrogen (secondary N) is 2. The van der Waals surface area contributed by atoms with Gasteiger partial charge in [0.25, 0.3) is 0 Å². The monoisotopic (exact) mass is 401 g/mol. The van der Waals surface area contributed by atoms with Gasteiger partial charge in [-0.2, -0.15) is 0 Å². The van der Waals surface area contributed by atoms with Crippen molar-refractivity contribution in [3.05, 3.63) is 36.1 Å². The van der Waals surface area contributed by atoms with Crippen LogP contribution >= 0.6 is 0 Å². The van der Waals surface area contributed by atoms with Gasteiger partial charge in [-0.3, -0.25) is 14.5 Å². The fourth-order valence-corrected chi connectivity index (χ4v) is 3.07. The average Bonchev–Trinajstić information content (AvgIpc) is 3.13. The van der Waals surface area contributed by atoms with E-state index in [2.05, 4.69) is 20.7 Å². The first-order valence-electron chi connectivity index (χ1n) is 9.71. The number of ether oxygens (including phenoxy) is 1. The summed E-state index contributed by atoms with van der Waals surface area (Å²) in [6, 6.07) is 9.40. The van der Waals surface area contributed by atoms with Gasteiger partial charge in [0.05, 0.1) is 26.3 Å². The first-order valence-corrected chi connectivity index (χ1v) is 9.71. The molecule has 0 saturated carbocycles. The normalized spacial score (nSPS) is 14.1. The number of hydrogen-bond donors (Lipinski definition) is 2. The van der Waals surface area contributed by atoms with Crippen molar-refractivity contribution < 1.29 is 18.8 Å². The largest absolute Gasteiger partial charge is 0.378 e. The third-order valence-electron chi connectivity index (χ3n) is 4.60. The summed E-state index contributed by atoms with van der Waals surface area (Å²) < 4.78 is 10.3. The molecule has 0 aliphatic carbocycles. The van der Waals surface area contributed by atoms with Gasteiger partial charge in [-0.1, -0.05) is 12.1 Å². The second kappa shape index (κ2) is 10.0. The third-order valence-corrected chi connectivity index (χ3v) is 4.60. The van der Waals surface area contributed by atoms with E-state index in [1.165, 1.54) is 0 Å². The lowest BCUT2D eigenvalue weighted by Crippen LogP contribution is -2.38. The average molecular weight is 401 g/mol. The van der Waals surface area contributed by atoms with Crippen LogP contribution in [-0.4, -0.2) is 67.8 Å². The molecule has 9 heteroatoms. The second-order valence-corrected chi connectivity index (χ2v) is 6.87. The number of aryl methyl sites for hydroxylation is 1. The number of hydrogen-bond acceptors (Lipinski definition) is 7. The molecule has 2 N–H and O–H groups in total. The highest BCUT2D eigenvalue weighted by Gasteiger charge is 2.15. The molecule has 1 aromatic heterocycles. The number of morpholine rings is 1. The van der Waals surface area contributed by atoms with E-state index in [0.29, 0.717) is 18.1 Å². The van der Waals surface area contributed by atoms with Gasteiger partial charge in [0, 0.05) is 30.5 Å². The summed E-state index contributed by atoms with van der Waals surface area (Å²) in [5.74, 6) is 0.568. The van der Waals surface area contributed by atoms with Crippen LogP contribution in [0.25, 0.3) is 0 Å². The lowest BCUT2D eigenvalue weighted by molar-refractivity contribution is -0.119. The van der Waals surface area contributed by atoms with Gasteiger partial charge in [0.2, 0.25) is 11.8 Å². The van der Waals surface area contributed by atoms with Gasteiger partial charge in [0.15, 0.2) is 5.82 Å². The maximum Gasteiger partial charge on any atom is 0.239 e. The molecule has 29 heavy (non-hydrogen) atoms. The third kappa shape index (κ3) is 6.30. The van der Waals surface area contributed by atoms with E-state index in [4.69, 9.17) is 9.26 Å². The topological polar surface area (TPSA) is 99.9 Å². The minimum absolute atomic E-state index is 0.0891. The Labute approximate surface area is 170 Å². The minimum atomic E-state index is -0.247. The van der Waals surface area contributed by atoms with E-state index in [1.54, 1.807) is 17.9 Å². The summed E-state index contributed by atoms with van der Waals surface area (Å²) in [4.78, 5) is 28.5. The molecule has 1 aliphatic heterocycles. The summed E-state index contributed by atoms with van der Waals surface area (Å²) in [7, 11) is 0. The van der Waals surface area contributed by atoms with Gasteiger partial charge in [-0.15, -0.1) is 0 Å². The summed E-state index contributed by atoms with van der Waals surface area (Å²) in [6.45, 7) is 7.62. The molecule has 1 fully saturated rings. The smallest absolute Gasteiger partial charge is 0.239 e. The molecule has 0 radical (unpaired) electrons. The van der Waals surface area contributed by atoms with Crippen molar-refractivity contribution in [3.63, 3.8) is 0 Å². The number of carbonyl (C=O) groups excluding carboxylic acids is 2. The zero-order chi connectivity index (χ0) is 20.6. The zero-order valence-electron chi connectivity index (χ0n) is 16.8. The highest BCUT2D eigenvalue weighted by atomic mass is 16.5. The molecular formula is C20H27N5O4. The van der Waals surface area contributed by atoms with E-state index in [0.717, 1.165) is 37.7 Å². The Morgan fingerprint density at radius 1 is 1.10 bits per heavy atom. The van der Waals surface area contributed by atoms with E-state index < -0.39 is 0 Å². The molecule has 1 saturated heterocycles. The van der Waals surface area contributed by atoms with Crippen molar-refractivity contribution >= 4 is 29.0 Å². The highest BCUT2D eigenvalue weighted by molar-refractivity contribution is 5.94. The number of benzene rings is 1. The van der Waals surface area contributed by atoms with Gasteiger partial charge < -0.3 is 24.8 Å². The number of carbonyl (C=O) groups is 2. The molecule has 2 aromatic rings. The Kier molecular flexibility index (Phi) is 7.20. The van der Waals surface area contributed by atoms with Crippen LogP contribution in [-0.2, 0) is 14.3 Å². The predicted octanol–water partition coefficient (Wildman–Crippen LogP) is 1.72. The van der Waals surface area contributed by atoms with Gasteiger partial charge in [-0.25, -0.2) is 0 Å². The molecule has 0 atom stereocenters. The first-order chi connectivity index (χ1) is 14.0. The van der Waals surface area contributed by atoms with Crippen molar-refractivity contribution in [1.82, 2.24) is 10.1 Å². The SMILES string of the molecule is CCN(CC(=O)Nc1ccc(N2CCOCC2)cc1)CC(=O)Nc1cc(C)on1. The van der Waals surface area contributed by atoms with Gasteiger partial charge in [0.1, 0.15) is 5.76 Å². The number of amides is 2. The Bertz CT molecular complexity index is 815. The van der Waals surface area contributed by atoms with E-state index in [1.807, 2.05) is 31.2 Å². The molecule has 0 unspecified atom stereocenters. The standard InChI is InChI=1S/C20H27N5O4/c1-3-24(14-20(27)22-18-12-15(2)29-23-18)13-19(26)21-16-4-6-17(7-5-16)25-8-10-28-11-9-25/h4-7,12H,3,8-11,13-14H2,1-2H3,(H,21,26)(H,22,23,27). The van der Waals surface area contributed by atoms with E-state index >= 15 is 0 Å². The van der Waals surface area contributed by atoms with Crippen LogP contribution in [0.3, 0.4) is 0 Å². The Morgan fingerprint density at radius 3 is 2.34 bits per heavy atom. The van der Waals surface area contributed by atoms with Crippen LogP contribution in [0.1, 0.15) is 12.7 Å². The molecule has 0 spiro atoms. The van der Waals surface area contributed by atoms with Crippen LogP contribution in [0.2, 0.25) is 0 Å². The minimum Gasteiger partial charge on any atom is -0.378 e. The maximum absolute atomic E-state index is 12.4. The van der Waals surface area contributed by atoms with Crippen molar-refractivity contribution in [2.24, 2.45) is 0 Å². The number of likely N-dealkylation sites (N-methyl/N-ethyl adjacent to an activating group) is 1. The van der Waals surface area contributed by atoms with Crippen LogP contribution in [0, 0.1) is 6.92 Å². The molecule has 0 bridgehead atoms. The number of anilines is 3. The number of rotatable bonds is 8. The molecule has 2 heterocycles. The van der Waals surface area contributed by atoms with Crippen molar-refractivity contribution in [2.75, 3.05) is 61.5 Å². The lowest BCUT2D eigenvalue weighted by Gasteiger charge is -2.29. The molecule has 1 aromatic carbocycles. The van der Waals surface area contributed by atoms with Crippen molar-refractivity contribution in [2.45, 2.75) is 13.8 Å². The summed E-state index contributed by atoms with van der Waals surface area (Å²) in [5, 5.41) is 9.27. The zero-order valence-corrected chi connectivity index (χ0v) is 16.8. The molecule has 1 aliphatic rings. The second-order valence-electron chi connectivity index (χ2n) is 6.87. The summed E-state index contributed by atoms with van der Waals surface area (Å²) >= 11 is 0. The molecular weight excluding hydrogens is 374 g/mol. The van der Waals surface area contributed by atoms with Crippen LogP contribution in [0.5, 0.6) is 0 Å². The van der Waals surface area contributed by atoms with Crippen LogP contribution in [0.15, 0.2) is 34.9 Å². The van der Waals surface area contributed by atoms with Crippen molar-refractivity contribution in [3.8, 4) is 0 Å². The summed E-state index contributed by atoms with van der Waals surface area (Å²) in [6.07, 6.45) is 0. The molecule has 156 valence electrons. The fraction of sp³-hybridized carbons (Fsp3) is 0.450.